The van der Waals surface area contributed by atoms with Gasteiger partial charge >= 0.3 is 12.0 Å². The van der Waals surface area contributed by atoms with E-state index in [9.17, 15) is 14.4 Å². The molecule has 1 fully saturated rings. The van der Waals surface area contributed by atoms with Gasteiger partial charge in [0.15, 0.2) is 6.04 Å². The van der Waals surface area contributed by atoms with Crippen molar-refractivity contribution < 1.29 is 14.3 Å². The predicted octanol–water partition coefficient (Wildman–Crippen LogP) is 1.89. The lowest BCUT2D eigenvalue weighted by atomic mass is 9.83. The summed E-state index contributed by atoms with van der Waals surface area (Å²) in [5, 5.41) is 2.82. The van der Waals surface area contributed by atoms with E-state index in [2.05, 4.69) is 5.32 Å². The van der Waals surface area contributed by atoms with Gasteiger partial charge in [-0.15, -0.1) is 0 Å². The second-order valence-electron chi connectivity index (χ2n) is 7.42. The van der Waals surface area contributed by atoms with Gasteiger partial charge in [-0.2, -0.15) is 0 Å². The van der Waals surface area contributed by atoms with Crippen molar-refractivity contribution in [2.75, 3.05) is 20.2 Å². The third kappa shape index (κ3) is 3.40. The van der Waals surface area contributed by atoms with Crippen LogP contribution in [-0.2, 0) is 16.1 Å². The Labute approximate surface area is 162 Å². The van der Waals surface area contributed by atoms with E-state index < -0.39 is 12.0 Å². The van der Waals surface area contributed by atoms with Crippen molar-refractivity contribution in [3.63, 3.8) is 0 Å². The summed E-state index contributed by atoms with van der Waals surface area (Å²) in [7, 11) is 1.31. The van der Waals surface area contributed by atoms with Crippen molar-refractivity contribution in [2.45, 2.75) is 24.9 Å². The molecule has 1 saturated heterocycles. The molecule has 1 aromatic carbocycles. The first-order valence-electron chi connectivity index (χ1n) is 9.44. The molecule has 7 heteroatoms. The molecule has 3 atom stereocenters. The zero-order chi connectivity index (χ0) is 19.7. The standard InChI is InChI=1S/C21H23N3O4/c1-28-20(26)19(15-6-3-2-4-7-15)22-21(27)23-11-14-10-16(13-23)17-8-5-9-18(25)24(17)12-14/h2-9,14,16,19H,10-13H2,1H3,(H,22,27). The van der Waals surface area contributed by atoms with Crippen LogP contribution in [0.2, 0.25) is 0 Å². The van der Waals surface area contributed by atoms with Crippen LogP contribution in [0.25, 0.3) is 0 Å². The fourth-order valence-electron chi connectivity index (χ4n) is 4.32. The third-order valence-electron chi connectivity index (χ3n) is 5.60. The Bertz CT molecular complexity index is 940. The monoisotopic (exact) mass is 381 g/mol. The Kier molecular flexibility index (Phi) is 4.90. The number of ether oxygens (including phenoxy) is 1. The number of urea groups is 1. The van der Waals surface area contributed by atoms with Gasteiger partial charge in [0.05, 0.1) is 7.11 Å². The van der Waals surface area contributed by atoms with E-state index in [1.54, 1.807) is 29.2 Å². The lowest BCUT2D eigenvalue weighted by Crippen LogP contribution is -2.53. The number of likely N-dealkylation sites (tertiary alicyclic amines) is 1. The summed E-state index contributed by atoms with van der Waals surface area (Å²) in [6.07, 6.45) is 0.965. The summed E-state index contributed by atoms with van der Waals surface area (Å²) < 4.78 is 6.71. The number of nitrogens with zero attached hydrogens (tertiary/aromatic N) is 2. The van der Waals surface area contributed by atoms with Crippen LogP contribution in [0.1, 0.15) is 29.6 Å². The summed E-state index contributed by atoms with van der Waals surface area (Å²) in [4.78, 5) is 39.1. The van der Waals surface area contributed by atoms with Gasteiger partial charge in [0.2, 0.25) is 0 Å². The molecule has 0 spiro atoms. The smallest absolute Gasteiger partial charge is 0.333 e. The first-order valence-corrected chi connectivity index (χ1v) is 9.44. The van der Waals surface area contributed by atoms with Crippen molar-refractivity contribution in [1.82, 2.24) is 14.8 Å². The highest BCUT2D eigenvalue weighted by molar-refractivity contribution is 5.84. The molecule has 0 saturated carbocycles. The molecule has 2 aliphatic rings. The van der Waals surface area contributed by atoms with Crippen LogP contribution in [0.3, 0.4) is 0 Å². The molecule has 3 heterocycles. The second-order valence-corrected chi connectivity index (χ2v) is 7.42. The van der Waals surface area contributed by atoms with Crippen LogP contribution in [0, 0.1) is 5.92 Å². The average molecular weight is 381 g/mol. The number of fused-ring (bicyclic) bond motifs is 4. The Hall–Kier alpha value is -3.09. The van der Waals surface area contributed by atoms with E-state index in [0.717, 1.165) is 12.1 Å². The average Bonchev–Trinajstić information content (AvgIpc) is 2.72. The molecule has 146 valence electrons. The van der Waals surface area contributed by atoms with Gasteiger partial charge in [-0.05, 0) is 24.0 Å². The van der Waals surface area contributed by atoms with E-state index in [1.807, 2.05) is 28.8 Å². The zero-order valence-electron chi connectivity index (χ0n) is 15.7. The first-order chi connectivity index (χ1) is 13.6. The van der Waals surface area contributed by atoms with Crippen LogP contribution >= 0.6 is 0 Å². The quantitative estimate of drug-likeness (QED) is 0.824. The third-order valence-corrected chi connectivity index (χ3v) is 5.60. The molecule has 1 N–H and O–H groups in total. The van der Waals surface area contributed by atoms with Crippen LogP contribution in [0.4, 0.5) is 4.79 Å². The zero-order valence-corrected chi connectivity index (χ0v) is 15.7. The maximum absolute atomic E-state index is 13.0. The first kappa shape index (κ1) is 18.3. The highest BCUT2D eigenvalue weighted by Crippen LogP contribution is 2.35. The van der Waals surface area contributed by atoms with Gasteiger partial charge < -0.3 is 19.5 Å². The molecule has 3 unspecified atom stereocenters. The van der Waals surface area contributed by atoms with Crippen molar-refractivity contribution >= 4 is 12.0 Å². The molecule has 28 heavy (non-hydrogen) atoms. The minimum Gasteiger partial charge on any atom is -0.467 e. The Morgan fingerprint density at radius 1 is 1.07 bits per heavy atom. The molecule has 2 bridgehead atoms. The fraction of sp³-hybridized carbons (Fsp3) is 0.381. The van der Waals surface area contributed by atoms with Gasteiger partial charge in [0, 0.05) is 37.3 Å². The summed E-state index contributed by atoms with van der Waals surface area (Å²) in [5.41, 5.74) is 1.67. The van der Waals surface area contributed by atoms with Gasteiger partial charge in [-0.1, -0.05) is 36.4 Å². The molecule has 2 amide bonds. The Morgan fingerprint density at radius 3 is 2.61 bits per heavy atom. The minimum atomic E-state index is -0.852. The van der Waals surface area contributed by atoms with E-state index in [0.29, 0.717) is 25.2 Å². The number of benzene rings is 1. The largest absolute Gasteiger partial charge is 0.467 e. The SMILES string of the molecule is COC(=O)C(NC(=O)N1CC2CC(C1)c1cccc(=O)n1C2)c1ccccc1. The maximum atomic E-state index is 13.0. The normalized spacial score (nSPS) is 21.4. The molecule has 1 aromatic heterocycles. The number of carbonyl (C=O) groups is 2. The molecule has 4 rings (SSSR count). The van der Waals surface area contributed by atoms with Gasteiger partial charge in [-0.3, -0.25) is 4.79 Å². The van der Waals surface area contributed by atoms with Crippen molar-refractivity contribution in [1.29, 1.82) is 0 Å². The fourth-order valence-corrected chi connectivity index (χ4v) is 4.32. The van der Waals surface area contributed by atoms with E-state index in [4.69, 9.17) is 4.74 Å². The Balaban J connectivity index is 1.53. The van der Waals surface area contributed by atoms with Crippen LogP contribution in [0.15, 0.2) is 53.3 Å². The Morgan fingerprint density at radius 2 is 1.86 bits per heavy atom. The summed E-state index contributed by atoms with van der Waals surface area (Å²) in [6, 6.07) is 13.2. The highest BCUT2D eigenvalue weighted by atomic mass is 16.5. The van der Waals surface area contributed by atoms with Crippen molar-refractivity contribution in [3.8, 4) is 0 Å². The molecular weight excluding hydrogens is 358 g/mol. The lowest BCUT2D eigenvalue weighted by molar-refractivity contribution is -0.143. The lowest BCUT2D eigenvalue weighted by Gasteiger charge is -2.42. The van der Waals surface area contributed by atoms with Gasteiger partial charge in [0.25, 0.3) is 5.56 Å². The molecule has 7 nitrogen and oxygen atoms in total. The van der Waals surface area contributed by atoms with Crippen LogP contribution in [0.5, 0.6) is 0 Å². The highest BCUT2D eigenvalue weighted by Gasteiger charge is 2.37. The van der Waals surface area contributed by atoms with Crippen molar-refractivity contribution in [3.05, 3.63) is 70.1 Å². The molecular formula is C21H23N3O4. The number of pyridine rings is 1. The number of amides is 2. The second kappa shape index (κ2) is 7.50. The number of nitrogens with one attached hydrogen (secondary N) is 1. The van der Waals surface area contributed by atoms with E-state index >= 15 is 0 Å². The summed E-state index contributed by atoms with van der Waals surface area (Å²) in [5.74, 6) is -0.153. The van der Waals surface area contributed by atoms with Crippen LogP contribution < -0.4 is 10.9 Å². The van der Waals surface area contributed by atoms with Gasteiger partial charge in [-0.25, -0.2) is 9.59 Å². The summed E-state index contributed by atoms with van der Waals surface area (Å²) in [6.45, 7) is 1.70. The molecule has 0 radical (unpaired) electrons. The van der Waals surface area contributed by atoms with E-state index in [-0.39, 0.29) is 23.4 Å². The van der Waals surface area contributed by atoms with Gasteiger partial charge in [0.1, 0.15) is 0 Å². The number of rotatable bonds is 3. The number of aromatic nitrogens is 1. The number of piperidine rings is 1. The maximum Gasteiger partial charge on any atom is 0.333 e. The number of hydrogen-bond acceptors (Lipinski definition) is 4. The van der Waals surface area contributed by atoms with Crippen molar-refractivity contribution in [2.24, 2.45) is 5.92 Å². The number of methoxy groups -OCH3 is 1. The molecule has 0 aliphatic carbocycles. The number of carbonyl (C=O) groups excluding carboxylic acids is 2. The van der Waals surface area contributed by atoms with E-state index in [1.165, 1.54) is 7.11 Å². The number of hydrogen-bond donors (Lipinski definition) is 1. The molecule has 2 aliphatic heterocycles. The van der Waals surface area contributed by atoms with Crippen LogP contribution in [-0.4, -0.2) is 41.7 Å². The number of esters is 1. The summed E-state index contributed by atoms with van der Waals surface area (Å²) >= 11 is 0. The topological polar surface area (TPSA) is 80.6 Å². The predicted molar refractivity (Wildman–Crippen MR) is 103 cm³/mol. The minimum absolute atomic E-state index is 0.0138. The molecule has 2 aromatic rings.